The van der Waals surface area contributed by atoms with Crippen LogP contribution < -0.4 is 4.90 Å². The number of aryl methyl sites for hydroxylation is 1. The van der Waals surface area contributed by atoms with E-state index in [-0.39, 0.29) is 0 Å². The van der Waals surface area contributed by atoms with Crippen LogP contribution in [0.2, 0.25) is 0 Å². The van der Waals surface area contributed by atoms with Crippen LogP contribution in [0.4, 0.5) is 17.1 Å². The molecule has 10 rings (SSSR count). The van der Waals surface area contributed by atoms with E-state index in [1.165, 1.54) is 86.6 Å². The summed E-state index contributed by atoms with van der Waals surface area (Å²) in [5.74, 6) is 0. The predicted octanol–water partition coefficient (Wildman–Crippen LogP) is 18.1. The predicted molar refractivity (Wildman–Crippen MR) is 269 cm³/mol. The molecule has 0 saturated heterocycles. The minimum Gasteiger partial charge on any atom is -0.310 e. The van der Waals surface area contributed by atoms with Gasteiger partial charge in [0, 0.05) is 37.2 Å². The van der Waals surface area contributed by atoms with Crippen LogP contribution in [-0.2, 0) is 0 Å². The second-order valence-electron chi connectivity index (χ2n) is 15.2. The van der Waals surface area contributed by atoms with Gasteiger partial charge in [0.2, 0.25) is 0 Å². The number of thiophene rings is 1. The van der Waals surface area contributed by atoms with E-state index in [2.05, 4.69) is 231 Å². The molecule has 0 radical (unpaired) electrons. The van der Waals surface area contributed by atoms with E-state index in [1.54, 1.807) is 0 Å². The van der Waals surface area contributed by atoms with Crippen LogP contribution >= 0.6 is 11.3 Å². The molecule has 1 nitrogen and oxygen atoms in total. The third-order valence-corrected chi connectivity index (χ3v) is 12.7. The molecule has 9 aromatic carbocycles. The zero-order valence-electron chi connectivity index (χ0n) is 35.3. The average Bonchev–Trinajstić information content (AvgIpc) is 3.72. The summed E-state index contributed by atoms with van der Waals surface area (Å²) in [4.78, 5) is 2.38. The molecule has 0 amide bonds. The van der Waals surface area contributed by atoms with Gasteiger partial charge in [0.1, 0.15) is 0 Å². The lowest BCUT2D eigenvalue weighted by atomic mass is 9.94. The smallest absolute Gasteiger partial charge is 0.0467 e. The zero-order valence-corrected chi connectivity index (χ0v) is 36.1. The summed E-state index contributed by atoms with van der Waals surface area (Å²) in [6.45, 7) is 8.38. The summed E-state index contributed by atoms with van der Waals surface area (Å²) >= 11 is 1.88. The van der Waals surface area contributed by atoms with Crippen molar-refractivity contribution in [3.05, 3.63) is 217 Å². The van der Waals surface area contributed by atoms with Gasteiger partial charge in [-0.05, 0) is 134 Å². The van der Waals surface area contributed by atoms with Crippen molar-refractivity contribution in [2.75, 3.05) is 4.90 Å². The maximum Gasteiger partial charge on any atom is 0.0467 e. The van der Waals surface area contributed by atoms with Crippen molar-refractivity contribution in [1.29, 1.82) is 0 Å². The fraction of sp³-hybridized carbons (Fsp3) is 0.0847. The Morgan fingerprint density at radius 1 is 0.443 bits per heavy atom. The molecule has 2 heteroatoms. The molecular weight excluding hydrogens is 755 g/mol. The monoisotopic (exact) mass is 803 g/mol. The quantitative estimate of drug-likeness (QED) is 0.140. The third-order valence-electron chi connectivity index (χ3n) is 11.5. The van der Waals surface area contributed by atoms with E-state index in [0.29, 0.717) is 0 Å². The third kappa shape index (κ3) is 7.91. The molecule has 61 heavy (non-hydrogen) atoms. The number of allylic oxidation sites excluding steroid dienone is 1. The average molecular weight is 804 g/mol. The van der Waals surface area contributed by atoms with Gasteiger partial charge in [0.05, 0.1) is 0 Å². The Morgan fingerprint density at radius 2 is 1.02 bits per heavy atom. The highest BCUT2D eigenvalue weighted by atomic mass is 32.1. The van der Waals surface area contributed by atoms with Crippen molar-refractivity contribution >= 4 is 65.4 Å². The van der Waals surface area contributed by atoms with Gasteiger partial charge in [-0.1, -0.05) is 179 Å². The van der Waals surface area contributed by atoms with E-state index in [9.17, 15) is 0 Å². The van der Waals surface area contributed by atoms with Crippen LogP contribution in [0.25, 0.3) is 81.5 Å². The van der Waals surface area contributed by atoms with Gasteiger partial charge in [-0.3, -0.25) is 0 Å². The number of fused-ring (bicyclic) bond motifs is 4. The second kappa shape index (κ2) is 17.7. The van der Waals surface area contributed by atoms with Crippen molar-refractivity contribution < 1.29 is 0 Å². The Balaban J connectivity index is 0.00000235. The van der Waals surface area contributed by atoms with Crippen LogP contribution in [0.15, 0.2) is 206 Å². The molecule has 1 heterocycles. The van der Waals surface area contributed by atoms with E-state index < -0.39 is 0 Å². The molecule has 0 N–H and O–H groups in total. The summed E-state index contributed by atoms with van der Waals surface area (Å²) < 4.78 is 2.65. The molecule has 1 aromatic heterocycles. The van der Waals surface area contributed by atoms with E-state index in [0.717, 1.165) is 23.5 Å². The normalized spacial score (nSPS) is 11.3. The number of rotatable bonds is 9. The molecule has 0 aliphatic carbocycles. The largest absolute Gasteiger partial charge is 0.310 e. The number of nitrogens with zero attached hydrogens (tertiary/aromatic N) is 1. The van der Waals surface area contributed by atoms with Gasteiger partial charge >= 0.3 is 0 Å². The number of hydrogen-bond acceptors (Lipinski definition) is 2. The van der Waals surface area contributed by atoms with E-state index >= 15 is 0 Å². The van der Waals surface area contributed by atoms with Crippen LogP contribution in [0.5, 0.6) is 0 Å². The minimum atomic E-state index is 1.03. The minimum absolute atomic E-state index is 1.03. The summed E-state index contributed by atoms with van der Waals surface area (Å²) in [5, 5.41) is 5.20. The molecule has 0 aliphatic rings. The summed E-state index contributed by atoms with van der Waals surface area (Å²) in [6, 6.07) is 73.4. The lowest BCUT2D eigenvalue weighted by molar-refractivity contribution is 1.23. The van der Waals surface area contributed by atoms with Gasteiger partial charge < -0.3 is 4.90 Å². The number of anilines is 3. The first-order valence-corrected chi connectivity index (χ1v) is 22.3. The molecule has 0 saturated carbocycles. The van der Waals surface area contributed by atoms with Gasteiger partial charge in [0.25, 0.3) is 0 Å². The van der Waals surface area contributed by atoms with Gasteiger partial charge in [-0.2, -0.15) is 0 Å². The second-order valence-corrected chi connectivity index (χ2v) is 16.3. The molecule has 0 unspecified atom stereocenters. The molecule has 10 aromatic rings. The van der Waals surface area contributed by atoms with Crippen molar-refractivity contribution in [2.24, 2.45) is 0 Å². The molecule has 0 aliphatic heterocycles. The van der Waals surface area contributed by atoms with Gasteiger partial charge in [-0.25, -0.2) is 0 Å². The Bertz CT molecular complexity index is 3130. The van der Waals surface area contributed by atoms with Crippen LogP contribution in [0.1, 0.15) is 38.3 Å². The lowest BCUT2D eigenvalue weighted by Gasteiger charge is -2.26. The highest BCUT2D eigenvalue weighted by Crippen LogP contribution is 2.42. The van der Waals surface area contributed by atoms with Crippen molar-refractivity contribution in [3.8, 4) is 44.5 Å². The molecule has 0 bridgehead atoms. The molecule has 296 valence electrons. The Morgan fingerprint density at radius 3 is 1.75 bits per heavy atom. The van der Waals surface area contributed by atoms with E-state index in [1.807, 2.05) is 25.2 Å². The first kappa shape index (κ1) is 39.5. The maximum atomic E-state index is 2.38. The lowest BCUT2D eigenvalue weighted by Crippen LogP contribution is -2.10. The first-order valence-electron chi connectivity index (χ1n) is 21.5. The fourth-order valence-corrected chi connectivity index (χ4v) is 9.69. The van der Waals surface area contributed by atoms with Crippen LogP contribution in [0, 0.1) is 6.92 Å². The SMILES string of the molecule is CC.CC/C=C\c1c(C)ccc2cc(-c3cccc(-c4cccc(N(c5ccc(-c6ccccc6)cc5)c5ccc(-c6cccc7c6sc6ccccc67)cc5)c4)c3)ccc12. The fourth-order valence-electron chi connectivity index (χ4n) is 8.45. The van der Waals surface area contributed by atoms with Crippen molar-refractivity contribution in [1.82, 2.24) is 0 Å². The van der Waals surface area contributed by atoms with Gasteiger partial charge in [0.15, 0.2) is 0 Å². The van der Waals surface area contributed by atoms with Crippen molar-refractivity contribution in [3.63, 3.8) is 0 Å². The standard InChI is InChI=1S/C57H43NS.C2H6/c1-3-4-19-51-39(2)24-25-47-37-46(30-35-52(47)51)44-16-10-15-43(36-44)45-17-11-18-50(38-45)58(48-31-26-41(27-32-48)40-13-6-5-7-14-40)49-33-28-42(29-34-49)53-21-12-22-55-54-20-8-9-23-56(54)59-57(53)55;1-2/h4-38H,3H2,1-2H3;1-2H3/b19-4-;. The number of hydrogen-bond donors (Lipinski definition) is 0. The summed E-state index contributed by atoms with van der Waals surface area (Å²) in [5.41, 5.74) is 15.6. The first-order chi connectivity index (χ1) is 30.1. The number of benzene rings is 9. The Hall–Kier alpha value is -7.00. The maximum absolute atomic E-state index is 2.38. The topological polar surface area (TPSA) is 3.24 Å². The highest BCUT2D eigenvalue weighted by molar-refractivity contribution is 7.26. The van der Waals surface area contributed by atoms with Crippen LogP contribution in [-0.4, -0.2) is 0 Å². The summed E-state index contributed by atoms with van der Waals surface area (Å²) in [7, 11) is 0. The highest BCUT2D eigenvalue weighted by Gasteiger charge is 2.16. The van der Waals surface area contributed by atoms with Crippen LogP contribution in [0.3, 0.4) is 0 Å². The van der Waals surface area contributed by atoms with Gasteiger partial charge in [-0.15, -0.1) is 11.3 Å². The Kier molecular flexibility index (Phi) is 11.4. The molecule has 0 atom stereocenters. The van der Waals surface area contributed by atoms with E-state index in [4.69, 9.17) is 0 Å². The Labute approximate surface area is 364 Å². The molecular formula is C59H49NS. The molecule has 0 spiro atoms. The zero-order chi connectivity index (χ0) is 41.7. The molecule has 0 fully saturated rings. The summed E-state index contributed by atoms with van der Waals surface area (Å²) in [6.07, 6.45) is 5.54. The van der Waals surface area contributed by atoms with Crippen molar-refractivity contribution in [2.45, 2.75) is 34.1 Å².